The molecule has 0 saturated carbocycles. The zero-order valence-electron chi connectivity index (χ0n) is 10.7. The number of nitro benzene ring substituents is 1. The molecule has 1 N–H and O–H groups in total. The Hall–Kier alpha value is -1.66. The first-order chi connectivity index (χ1) is 9.25. The second kappa shape index (κ2) is 7.06. The summed E-state index contributed by atoms with van der Waals surface area (Å²) in [7, 11) is 0. The van der Waals surface area contributed by atoms with Crippen molar-refractivity contribution in [2.45, 2.75) is 18.9 Å². The third-order valence-corrected chi connectivity index (χ3v) is 2.99. The molecule has 0 aliphatic carbocycles. The maximum atomic E-state index is 10.5. The molecule has 1 saturated heterocycles. The highest BCUT2D eigenvalue weighted by Crippen LogP contribution is 2.17. The van der Waals surface area contributed by atoms with Gasteiger partial charge in [-0.1, -0.05) is 0 Å². The molecule has 1 aliphatic heterocycles. The van der Waals surface area contributed by atoms with Gasteiger partial charge in [0.05, 0.1) is 11.0 Å². The summed E-state index contributed by atoms with van der Waals surface area (Å²) in [4.78, 5) is 10.1. The van der Waals surface area contributed by atoms with Gasteiger partial charge in [0, 0.05) is 31.8 Å². The van der Waals surface area contributed by atoms with E-state index in [0.29, 0.717) is 18.5 Å². The van der Waals surface area contributed by atoms with Crippen molar-refractivity contribution in [3.05, 3.63) is 34.4 Å². The van der Waals surface area contributed by atoms with Gasteiger partial charge in [-0.05, 0) is 25.0 Å². The van der Waals surface area contributed by atoms with Crippen molar-refractivity contribution in [2.24, 2.45) is 0 Å². The van der Waals surface area contributed by atoms with Crippen LogP contribution in [0.25, 0.3) is 0 Å². The Bertz CT molecular complexity index is 402. The molecule has 0 bridgehead atoms. The molecule has 1 aromatic carbocycles. The normalized spacial score (nSPS) is 18.4. The predicted molar refractivity (Wildman–Crippen MR) is 70.4 cm³/mol. The van der Waals surface area contributed by atoms with Gasteiger partial charge in [0.2, 0.25) is 0 Å². The first-order valence-electron chi connectivity index (χ1n) is 6.45. The quantitative estimate of drug-likeness (QED) is 0.462. The van der Waals surface area contributed by atoms with E-state index in [9.17, 15) is 10.1 Å². The number of benzene rings is 1. The molecule has 6 nitrogen and oxygen atoms in total. The Morgan fingerprint density at radius 3 is 2.84 bits per heavy atom. The zero-order chi connectivity index (χ0) is 13.5. The molecule has 0 radical (unpaired) electrons. The lowest BCUT2D eigenvalue weighted by molar-refractivity contribution is -0.384. The highest BCUT2D eigenvalue weighted by Gasteiger charge is 2.14. The third kappa shape index (κ3) is 4.50. The topological polar surface area (TPSA) is 73.6 Å². The van der Waals surface area contributed by atoms with Crippen molar-refractivity contribution >= 4 is 5.69 Å². The Labute approximate surface area is 111 Å². The smallest absolute Gasteiger partial charge is 0.269 e. The zero-order valence-corrected chi connectivity index (χ0v) is 10.7. The molecular formula is C13H18N2O4. The van der Waals surface area contributed by atoms with Gasteiger partial charge in [0.15, 0.2) is 0 Å². The molecule has 104 valence electrons. The predicted octanol–water partition coefficient (Wildman–Crippen LogP) is 1.74. The summed E-state index contributed by atoms with van der Waals surface area (Å²) in [5.74, 6) is 0.643. The number of nitro groups is 1. The van der Waals surface area contributed by atoms with E-state index in [2.05, 4.69) is 5.32 Å². The molecule has 1 aromatic rings. The van der Waals surface area contributed by atoms with E-state index in [1.165, 1.54) is 12.1 Å². The number of hydrogen-bond donors (Lipinski definition) is 1. The van der Waals surface area contributed by atoms with Gasteiger partial charge in [-0.15, -0.1) is 0 Å². The van der Waals surface area contributed by atoms with Crippen LogP contribution in [-0.4, -0.2) is 37.3 Å². The van der Waals surface area contributed by atoms with E-state index >= 15 is 0 Å². The van der Waals surface area contributed by atoms with Crippen LogP contribution in [0.5, 0.6) is 5.75 Å². The monoisotopic (exact) mass is 266 g/mol. The number of non-ortho nitro benzene ring substituents is 1. The van der Waals surface area contributed by atoms with Crippen LogP contribution in [0.4, 0.5) is 5.69 Å². The van der Waals surface area contributed by atoms with Crippen LogP contribution in [0, 0.1) is 10.1 Å². The minimum atomic E-state index is -0.424. The van der Waals surface area contributed by atoms with E-state index in [1.807, 2.05) is 0 Å². The maximum absolute atomic E-state index is 10.5. The fraction of sp³-hybridized carbons (Fsp3) is 0.538. The molecule has 0 amide bonds. The van der Waals surface area contributed by atoms with E-state index in [-0.39, 0.29) is 5.69 Å². The van der Waals surface area contributed by atoms with Crippen molar-refractivity contribution in [1.82, 2.24) is 5.32 Å². The Morgan fingerprint density at radius 2 is 2.21 bits per heavy atom. The summed E-state index contributed by atoms with van der Waals surface area (Å²) in [6.45, 7) is 2.98. The van der Waals surface area contributed by atoms with Gasteiger partial charge in [0.25, 0.3) is 5.69 Å². The van der Waals surface area contributed by atoms with Gasteiger partial charge in [-0.3, -0.25) is 10.1 Å². The highest BCUT2D eigenvalue weighted by molar-refractivity contribution is 5.35. The molecule has 1 atom stereocenters. The summed E-state index contributed by atoms with van der Waals surface area (Å²) in [6.07, 6.45) is 2.60. The van der Waals surface area contributed by atoms with E-state index in [0.717, 1.165) is 32.5 Å². The molecule has 2 rings (SSSR count). The Balaban J connectivity index is 1.61. The molecule has 1 fully saturated rings. The Morgan fingerprint density at radius 1 is 1.42 bits per heavy atom. The number of rotatable bonds is 7. The first kappa shape index (κ1) is 13.8. The molecule has 1 heterocycles. The van der Waals surface area contributed by atoms with Crippen LogP contribution in [0.1, 0.15) is 12.8 Å². The van der Waals surface area contributed by atoms with Gasteiger partial charge >= 0.3 is 0 Å². The maximum Gasteiger partial charge on any atom is 0.269 e. The summed E-state index contributed by atoms with van der Waals surface area (Å²) >= 11 is 0. The molecule has 0 spiro atoms. The van der Waals surface area contributed by atoms with E-state index < -0.39 is 4.92 Å². The summed E-state index contributed by atoms with van der Waals surface area (Å²) in [6, 6.07) is 6.10. The van der Waals surface area contributed by atoms with Crippen LogP contribution in [0.3, 0.4) is 0 Å². The summed E-state index contributed by atoms with van der Waals surface area (Å²) < 4.78 is 11.0. The lowest BCUT2D eigenvalue weighted by Gasteiger charge is -2.11. The lowest BCUT2D eigenvalue weighted by atomic mass is 10.2. The van der Waals surface area contributed by atoms with Crippen LogP contribution in [-0.2, 0) is 4.74 Å². The van der Waals surface area contributed by atoms with Crippen LogP contribution in [0.15, 0.2) is 24.3 Å². The van der Waals surface area contributed by atoms with Crippen molar-refractivity contribution in [2.75, 3.05) is 26.3 Å². The van der Waals surface area contributed by atoms with Crippen LogP contribution < -0.4 is 10.1 Å². The Kier molecular flexibility index (Phi) is 5.11. The molecule has 19 heavy (non-hydrogen) atoms. The second-order valence-corrected chi connectivity index (χ2v) is 4.44. The number of nitrogens with one attached hydrogen (secondary N) is 1. The fourth-order valence-electron chi connectivity index (χ4n) is 1.97. The molecule has 6 heteroatoms. The first-order valence-corrected chi connectivity index (χ1v) is 6.45. The molecule has 1 aliphatic rings. The van der Waals surface area contributed by atoms with Gasteiger partial charge in [-0.25, -0.2) is 0 Å². The van der Waals surface area contributed by atoms with Gasteiger partial charge in [0.1, 0.15) is 12.4 Å². The van der Waals surface area contributed by atoms with Gasteiger partial charge < -0.3 is 14.8 Å². The minimum Gasteiger partial charge on any atom is -0.492 e. The SMILES string of the molecule is O=[N+]([O-])c1ccc(OCCNC[C@H]2CCCO2)cc1. The average Bonchev–Trinajstić information content (AvgIpc) is 2.92. The van der Waals surface area contributed by atoms with Crippen molar-refractivity contribution in [3.8, 4) is 5.75 Å². The number of hydrogen-bond acceptors (Lipinski definition) is 5. The van der Waals surface area contributed by atoms with Gasteiger partial charge in [-0.2, -0.15) is 0 Å². The van der Waals surface area contributed by atoms with Crippen molar-refractivity contribution in [3.63, 3.8) is 0 Å². The average molecular weight is 266 g/mol. The van der Waals surface area contributed by atoms with Crippen LogP contribution in [0.2, 0.25) is 0 Å². The van der Waals surface area contributed by atoms with Crippen molar-refractivity contribution in [1.29, 1.82) is 0 Å². The van der Waals surface area contributed by atoms with Crippen molar-refractivity contribution < 1.29 is 14.4 Å². The van der Waals surface area contributed by atoms with Crippen LogP contribution >= 0.6 is 0 Å². The second-order valence-electron chi connectivity index (χ2n) is 4.44. The summed E-state index contributed by atoms with van der Waals surface area (Å²) in [5, 5.41) is 13.7. The number of nitrogens with zero attached hydrogens (tertiary/aromatic N) is 1. The fourth-order valence-corrected chi connectivity index (χ4v) is 1.97. The van der Waals surface area contributed by atoms with E-state index in [1.54, 1.807) is 12.1 Å². The van der Waals surface area contributed by atoms with E-state index in [4.69, 9.17) is 9.47 Å². The number of ether oxygens (including phenoxy) is 2. The third-order valence-electron chi connectivity index (χ3n) is 2.99. The summed E-state index contributed by atoms with van der Waals surface area (Å²) in [5.41, 5.74) is 0.0730. The largest absolute Gasteiger partial charge is 0.492 e. The highest BCUT2D eigenvalue weighted by atomic mass is 16.6. The molecular weight excluding hydrogens is 248 g/mol. The molecule has 0 unspecified atom stereocenters. The standard InChI is InChI=1S/C13H18N2O4/c16-15(17)11-3-5-12(6-4-11)19-9-7-14-10-13-2-1-8-18-13/h3-6,13-14H,1-2,7-10H2/t13-/m1/s1. The lowest BCUT2D eigenvalue weighted by Crippen LogP contribution is -2.29. The molecule has 0 aromatic heterocycles. The minimum absolute atomic E-state index is 0.0730.